The van der Waals surface area contributed by atoms with E-state index in [1.807, 2.05) is 0 Å². The molecule has 1 aromatic carbocycles. The number of benzene rings is 1. The van der Waals surface area contributed by atoms with Gasteiger partial charge in [0.15, 0.2) is 0 Å². The summed E-state index contributed by atoms with van der Waals surface area (Å²) in [5, 5.41) is 8.52. The summed E-state index contributed by atoms with van der Waals surface area (Å²) < 4.78 is 0. The molecule has 3 heteroatoms. The molecule has 1 saturated heterocycles. The Morgan fingerprint density at radius 2 is 1.76 bits per heavy atom. The first-order chi connectivity index (χ1) is 10.4. The van der Waals surface area contributed by atoms with Crippen LogP contribution in [-0.2, 0) is 12.8 Å². The van der Waals surface area contributed by atoms with Gasteiger partial charge < -0.3 is 10.3 Å². The van der Waals surface area contributed by atoms with Gasteiger partial charge in [0.25, 0.3) is 0 Å². The Bertz CT molecular complexity index is 582. The SMILES string of the molecule is C1=CC2=C(Cc3ccccc3CC2)N(N2CCNCC2)C1. The summed E-state index contributed by atoms with van der Waals surface area (Å²) in [7, 11) is 0. The van der Waals surface area contributed by atoms with E-state index in [2.05, 4.69) is 51.8 Å². The van der Waals surface area contributed by atoms with Crippen LogP contribution in [0.3, 0.4) is 0 Å². The molecule has 0 bridgehead atoms. The lowest BCUT2D eigenvalue weighted by atomic mass is 10.0. The van der Waals surface area contributed by atoms with E-state index in [9.17, 15) is 0 Å². The van der Waals surface area contributed by atoms with Crippen LogP contribution in [0.4, 0.5) is 0 Å². The second-order valence-corrected chi connectivity index (χ2v) is 6.11. The number of hydrogen-bond donors (Lipinski definition) is 1. The van der Waals surface area contributed by atoms with Crippen LogP contribution in [0.2, 0.25) is 0 Å². The van der Waals surface area contributed by atoms with Crippen molar-refractivity contribution in [3.8, 4) is 0 Å². The number of nitrogens with zero attached hydrogens (tertiary/aromatic N) is 2. The zero-order valence-corrected chi connectivity index (χ0v) is 12.5. The fraction of sp³-hybridized carbons (Fsp3) is 0.444. The Hall–Kier alpha value is -1.58. The monoisotopic (exact) mass is 281 g/mol. The quantitative estimate of drug-likeness (QED) is 0.850. The number of aryl methyl sites for hydroxylation is 1. The van der Waals surface area contributed by atoms with E-state index >= 15 is 0 Å². The normalized spacial score (nSPS) is 22.8. The van der Waals surface area contributed by atoms with Gasteiger partial charge in [-0.2, -0.15) is 0 Å². The summed E-state index contributed by atoms with van der Waals surface area (Å²) in [4.78, 5) is 0. The Kier molecular flexibility index (Phi) is 3.53. The average molecular weight is 281 g/mol. The molecule has 0 aromatic heterocycles. The lowest BCUT2D eigenvalue weighted by molar-refractivity contribution is 0.00341. The molecule has 1 fully saturated rings. The highest BCUT2D eigenvalue weighted by atomic mass is 15.6. The minimum atomic E-state index is 1.03. The number of piperazine rings is 1. The standard InChI is InChI=1S/C18H23N3/c1-2-5-17-14-18-16(8-7-15(17)4-1)6-3-11-21(18)20-12-9-19-10-13-20/h1-6,19H,7-14H2. The van der Waals surface area contributed by atoms with Gasteiger partial charge in [-0.15, -0.1) is 0 Å². The average Bonchev–Trinajstić information content (AvgIpc) is 2.74. The van der Waals surface area contributed by atoms with E-state index in [-0.39, 0.29) is 0 Å². The van der Waals surface area contributed by atoms with Gasteiger partial charge in [-0.3, -0.25) is 0 Å². The highest BCUT2D eigenvalue weighted by Gasteiger charge is 2.25. The second kappa shape index (κ2) is 5.66. The van der Waals surface area contributed by atoms with Crippen molar-refractivity contribution >= 4 is 0 Å². The van der Waals surface area contributed by atoms with Crippen LogP contribution in [-0.4, -0.2) is 42.7 Å². The van der Waals surface area contributed by atoms with E-state index in [0.29, 0.717) is 0 Å². The first kappa shape index (κ1) is 13.1. The van der Waals surface area contributed by atoms with E-state index in [4.69, 9.17) is 0 Å². The fourth-order valence-electron chi connectivity index (χ4n) is 3.70. The molecule has 21 heavy (non-hydrogen) atoms. The second-order valence-electron chi connectivity index (χ2n) is 6.11. The first-order valence-electron chi connectivity index (χ1n) is 8.10. The van der Waals surface area contributed by atoms with Crippen LogP contribution < -0.4 is 5.32 Å². The van der Waals surface area contributed by atoms with Crippen molar-refractivity contribution < 1.29 is 0 Å². The molecule has 0 atom stereocenters. The predicted molar refractivity (Wildman–Crippen MR) is 85.8 cm³/mol. The highest BCUT2D eigenvalue weighted by molar-refractivity contribution is 5.40. The number of allylic oxidation sites excluding steroid dienone is 3. The molecule has 4 rings (SSSR count). The zero-order chi connectivity index (χ0) is 14.1. The molecule has 1 N–H and O–H groups in total. The number of hydrogen-bond acceptors (Lipinski definition) is 3. The van der Waals surface area contributed by atoms with Gasteiger partial charge in [0.2, 0.25) is 0 Å². The number of rotatable bonds is 1. The summed E-state index contributed by atoms with van der Waals surface area (Å²) in [5.41, 5.74) is 6.11. The molecule has 2 heterocycles. The molecule has 0 spiro atoms. The third-order valence-corrected chi connectivity index (χ3v) is 4.85. The van der Waals surface area contributed by atoms with E-state index < -0.39 is 0 Å². The third kappa shape index (κ3) is 2.52. The van der Waals surface area contributed by atoms with Gasteiger partial charge in [0.1, 0.15) is 0 Å². The molecule has 3 nitrogen and oxygen atoms in total. The Balaban J connectivity index is 1.66. The van der Waals surface area contributed by atoms with Crippen molar-refractivity contribution in [3.63, 3.8) is 0 Å². The molecule has 2 aliphatic heterocycles. The van der Waals surface area contributed by atoms with Gasteiger partial charge in [-0.1, -0.05) is 36.4 Å². The van der Waals surface area contributed by atoms with Crippen LogP contribution in [0.15, 0.2) is 47.7 Å². The fourth-order valence-corrected chi connectivity index (χ4v) is 3.70. The minimum Gasteiger partial charge on any atom is -0.314 e. The smallest absolute Gasteiger partial charge is 0.0527 e. The largest absolute Gasteiger partial charge is 0.314 e. The maximum Gasteiger partial charge on any atom is 0.0527 e. The maximum absolute atomic E-state index is 3.45. The van der Waals surface area contributed by atoms with Crippen LogP contribution in [0.5, 0.6) is 0 Å². The molecule has 1 aromatic rings. The van der Waals surface area contributed by atoms with Gasteiger partial charge in [-0.05, 0) is 29.5 Å². The van der Waals surface area contributed by atoms with Crippen LogP contribution >= 0.6 is 0 Å². The summed E-state index contributed by atoms with van der Waals surface area (Å²) in [6, 6.07) is 8.96. The van der Waals surface area contributed by atoms with E-state index in [1.165, 1.54) is 35.2 Å². The molecule has 0 amide bonds. The molecular formula is C18H23N3. The van der Waals surface area contributed by atoms with Gasteiger partial charge in [0.05, 0.1) is 6.54 Å². The number of fused-ring (bicyclic) bond motifs is 1. The van der Waals surface area contributed by atoms with Crippen molar-refractivity contribution in [2.75, 3.05) is 32.7 Å². The number of hydrazine groups is 1. The van der Waals surface area contributed by atoms with Gasteiger partial charge in [-0.25, -0.2) is 5.01 Å². The summed E-state index contributed by atoms with van der Waals surface area (Å²) >= 11 is 0. The maximum atomic E-state index is 3.45. The van der Waals surface area contributed by atoms with Crippen molar-refractivity contribution in [3.05, 3.63) is 58.8 Å². The zero-order valence-electron chi connectivity index (χ0n) is 12.5. The molecule has 110 valence electrons. The first-order valence-corrected chi connectivity index (χ1v) is 8.10. The van der Waals surface area contributed by atoms with Gasteiger partial charge >= 0.3 is 0 Å². The predicted octanol–water partition coefficient (Wildman–Crippen LogP) is 2.12. The summed E-state index contributed by atoms with van der Waals surface area (Å²) in [6.07, 6.45) is 8.12. The van der Waals surface area contributed by atoms with E-state index in [1.54, 1.807) is 0 Å². The van der Waals surface area contributed by atoms with Crippen molar-refractivity contribution in [1.29, 1.82) is 0 Å². The topological polar surface area (TPSA) is 18.5 Å². The highest BCUT2D eigenvalue weighted by Crippen LogP contribution is 2.31. The lowest BCUT2D eigenvalue weighted by Crippen LogP contribution is -2.52. The Morgan fingerprint density at radius 1 is 0.952 bits per heavy atom. The molecule has 1 aliphatic carbocycles. The van der Waals surface area contributed by atoms with Gasteiger partial charge in [0, 0.05) is 38.3 Å². The third-order valence-electron chi connectivity index (χ3n) is 4.85. The Morgan fingerprint density at radius 3 is 2.62 bits per heavy atom. The summed E-state index contributed by atoms with van der Waals surface area (Å²) in [5.74, 6) is 0. The minimum absolute atomic E-state index is 1.03. The van der Waals surface area contributed by atoms with Crippen LogP contribution in [0, 0.1) is 0 Å². The van der Waals surface area contributed by atoms with Crippen molar-refractivity contribution in [2.45, 2.75) is 19.3 Å². The number of nitrogens with one attached hydrogen (secondary N) is 1. The summed E-state index contributed by atoms with van der Waals surface area (Å²) in [6.45, 7) is 5.46. The van der Waals surface area contributed by atoms with Crippen molar-refractivity contribution in [2.24, 2.45) is 0 Å². The van der Waals surface area contributed by atoms with Crippen LogP contribution in [0.1, 0.15) is 17.5 Å². The van der Waals surface area contributed by atoms with E-state index in [0.717, 1.165) is 39.1 Å². The molecule has 0 saturated carbocycles. The van der Waals surface area contributed by atoms with Crippen LogP contribution in [0.25, 0.3) is 0 Å². The molecular weight excluding hydrogens is 258 g/mol. The Labute approximate surface area is 126 Å². The molecule has 0 unspecified atom stereocenters. The molecule has 0 radical (unpaired) electrons. The molecule has 3 aliphatic rings. The lowest BCUT2D eigenvalue weighted by Gasteiger charge is -2.42. The van der Waals surface area contributed by atoms with Crippen molar-refractivity contribution in [1.82, 2.24) is 15.3 Å².